The van der Waals surface area contributed by atoms with Crippen LogP contribution in [0.15, 0.2) is 33.6 Å². The van der Waals surface area contributed by atoms with E-state index >= 15 is 0 Å². The van der Waals surface area contributed by atoms with Crippen molar-refractivity contribution in [3.63, 3.8) is 0 Å². The Hall–Kier alpha value is -0.140. The Morgan fingerprint density at radius 1 is 1.39 bits per heavy atom. The van der Waals surface area contributed by atoms with E-state index in [-0.39, 0.29) is 18.4 Å². The average molecular weight is 356 g/mol. The lowest BCUT2D eigenvalue weighted by molar-refractivity contribution is 0.428. The van der Waals surface area contributed by atoms with Crippen LogP contribution in [0.5, 0.6) is 0 Å². The summed E-state index contributed by atoms with van der Waals surface area (Å²) in [4.78, 5) is 0.303. The lowest BCUT2D eigenvalue weighted by Crippen LogP contribution is -2.45. The van der Waals surface area contributed by atoms with Crippen molar-refractivity contribution in [2.75, 3.05) is 13.1 Å². The number of piperidine rings is 1. The highest BCUT2D eigenvalue weighted by Gasteiger charge is 2.21. The molecule has 1 aromatic carbocycles. The molecule has 2 rings (SSSR count). The fourth-order valence-corrected chi connectivity index (χ4v) is 3.74. The molecule has 0 aromatic heterocycles. The van der Waals surface area contributed by atoms with Crippen molar-refractivity contribution in [1.29, 1.82) is 0 Å². The molecule has 1 aromatic rings. The number of halogens is 2. The van der Waals surface area contributed by atoms with Crippen molar-refractivity contribution in [1.82, 2.24) is 10.0 Å². The van der Waals surface area contributed by atoms with Crippen LogP contribution in [0.1, 0.15) is 12.8 Å². The molecule has 102 valence electrons. The van der Waals surface area contributed by atoms with Crippen LogP contribution in [0.4, 0.5) is 0 Å². The van der Waals surface area contributed by atoms with Gasteiger partial charge in [0, 0.05) is 17.1 Å². The van der Waals surface area contributed by atoms with Crippen LogP contribution in [0.25, 0.3) is 0 Å². The molecule has 0 spiro atoms. The molecule has 0 radical (unpaired) electrons. The fourth-order valence-electron chi connectivity index (χ4n) is 1.87. The SMILES string of the molecule is Cl.O=S(=O)(N[C@@H]1CCCNC1)c1cccc(Br)c1. The van der Waals surface area contributed by atoms with Gasteiger partial charge in [-0.1, -0.05) is 22.0 Å². The molecular formula is C11H16BrClN2O2S. The van der Waals surface area contributed by atoms with Crippen molar-refractivity contribution < 1.29 is 8.42 Å². The number of hydrogen-bond acceptors (Lipinski definition) is 3. The summed E-state index contributed by atoms with van der Waals surface area (Å²) in [7, 11) is -3.40. The summed E-state index contributed by atoms with van der Waals surface area (Å²) in [6, 6.07) is 6.73. The summed E-state index contributed by atoms with van der Waals surface area (Å²) in [5.41, 5.74) is 0. The first-order valence-electron chi connectivity index (χ1n) is 5.56. The molecule has 0 bridgehead atoms. The van der Waals surface area contributed by atoms with Crippen LogP contribution in [-0.2, 0) is 10.0 Å². The van der Waals surface area contributed by atoms with E-state index in [1.54, 1.807) is 24.3 Å². The molecule has 0 saturated carbocycles. The minimum atomic E-state index is -3.40. The van der Waals surface area contributed by atoms with Gasteiger partial charge in [0.05, 0.1) is 4.90 Å². The number of hydrogen-bond donors (Lipinski definition) is 2. The number of rotatable bonds is 3. The molecule has 18 heavy (non-hydrogen) atoms. The molecule has 7 heteroatoms. The van der Waals surface area contributed by atoms with Crippen molar-refractivity contribution in [3.8, 4) is 0 Å². The molecule has 0 unspecified atom stereocenters. The van der Waals surface area contributed by atoms with Crippen LogP contribution in [0.3, 0.4) is 0 Å². The quantitative estimate of drug-likeness (QED) is 0.870. The summed E-state index contributed by atoms with van der Waals surface area (Å²) in [5, 5.41) is 3.18. The maximum atomic E-state index is 12.1. The van der Waals surface area contributed by atoms with Crippen molar-refractivity contribution in [2.24, 2.45) is 0 Å². The van der Waals surface area contributed by atoms with Gasteiger partial charge in [0.1, 0.15) is 0 Å². The van der Waals surface area contributed by atoms with Crippen molar-refractivity contribution in [3.05, 3.63) is 28.7 Å². The van der Waals surface area contributed by atoms with E-state index in [9.17, 15) is 8.42 Å². The summed E-state index contributed by atoms with van der Waals surface area (Å²) in [6.07, 6.45) is 1.89. The largest absolute Gasteiger partial charge is 0.315 e. The zero-order valence-electron chi connectivity index (χ0n) is 9.73. The zero-order chi connectivity index (χ0) is 12.3. The van der Waals surface area contributed by atoms with Gasteiger partial charge in [0.15, 0.2) is 0 Å². The number of nitrogens with one attached hydrogen (secondary N) is 2. The van der Waals surface area contributed by atoms with E-state index < -0.39 is 10.0 Å². The van der Waals surface area contributed by atoms with Crippen molar-refractivity contribution >= 4 is 38.4 Å². The predicted octanol–water partition coefficient (Wildman–Crippen LogP) is 1.90. The highest BCUT2D eigenvalue weighted by atomic mass is 79.9. The molecular weight excluding hydrogens is 340 g/mol. The Kier molecular flexibility index (Phi) is 6.07. The third-order valence-corrected chi connectivity index (χ3v) is 4.74. The molecule has 1 heterocycles. The van der Waals surface area contributed by atoms with Gasteiger partial charge in [-0.25, -0.2) is 13.1 Å². The van der Waals surface area contributed by atoms with Gasteiger partial charge < -0.3 is 5.32 Å². The Labute approximate surface area is 122 Å². The molecule has 1 saturated heterocycles. The maximum absolute atomic E-state index is 12.1. The van der Waals surface area contributed by atoms with Gasteiger partial charge in [-0.2, -0.15) is 0 Å². The Bertz CT molecular complexity index is 490. The lowest BCUT2D eigenvalue weighted by atomic mass is 10.1. The van der Waals surface area contributed by atoms with Crippen LogP contribution in [0.2, 0.25) is 0 Å². The second-order valence-corrected chi connectivity index (χ2v) is 6.75. The van der Waals surface area contributed by atoms with Gasteiger partial charge in [-0.3, -0.25) is 0 Å². The first-order valence-corrected chi connectivity index (χ1v) is 7.84. The minimum Gasteiger partial charge on any atom is -0.315 e. The van der Waals surface area contributed by atoms with Gasteiger partial charge in [-0.15, -0.1) is 12.4 Å². The van der Waals surface area contributed by atoms with E-state index in [0.29, 0.717) is 11.4 Å². The smallest absolute Gasteiger partial charge is 0.240 e. The van der Waals surface area contributed by atoms with Gasteiger partial charge in [-0.05, 0) is 37.6 Å². The third-order valence-electron chi connectivity index (χ3n) is 2.73. The maximum Gasteiger partial charge on any atom is 0.240 e. The molecule has 1 aliphatic rings. The van der Waals surface area contributed by atoms with Crippen molar-refractivity contribution in [2.45, 2.75) is 23.8 Å². The molecule has 1 fully saturated rings. The predicted molar refractivity (Wildman–Crippen MR) is 77.6 cm³/mol. The molecule has 1 atom stereocenters. The summed E-state index contributed by atoms with van der Waals surface area (Å²) in [6.45, 7) is 1.67. The fraction of sp³-hybridized carbons (Fsp3) is 0.455. The average Bonchev–Trinajstić information content (AvgIpc) is 2.30. The first-order chi connectivity index (χ1) is 8.08. The third kappa shape index (κ3) is 4.20. The van der Waals surface area contributed by atoms with Crippen LogP contribution in [0, 0.1) is 0 Å². The number of sulfonamides is 1. The Morgan fingerprint density at radius 3 is 2.78 bits per heavy atom. The van der Waals surface area contributed by atoms with Gasteiger partial charge in [0.25, 0.3) is 0 Å². The zero-order valence-corrected chi connectivity index (χ0v) is 12.9. The molecule has 4 nitrogen and oxygen atoms in total. The standard InChI is InChI=1S/C11H15BrN2O2S.ClH/c12-9-3-1-5-11(7-9)17(15,16)14-10-4-2-6-13-8-10;/h1,3,5,7,10,13-14H,2,4,6,8H2;1H/t10-;/m1./s1. The van der Waals surface area contributed by atoms with Crippen LogP contribution >= 0.6 is 28.3 Å². The highest BCUT2D eigenvalue weighted by Crippen LogP contribution is 2.16. The lowest BCUT2D eigenvalue weighted by Gasteiger charge is -2.23. The Morgan fingerprint density at radius 2 is 2.17 bits per heavy atom. The second-order valence-electron chi connectivity index (χ2n) is 4.12. The molecule has 0 amide bonds. The van der Waals surface area contributed by atoms with Crippen LogP contribution < -0.4 is 10.0 Å². The summed E-state index contributed by atoms with van der Waals surface area (Å²) >= 11 is 3.28. The number of benzene rings is 1. The summed E-state index contributed by atoms with van der Waals surface area (Å²) in [5.74, 6) is 0. The topological polar surface area (TPSA) is 58.2 Å². The Balaban J connectivity index is 0.00000162. The minimum absolute atomic E-state index is 0. The molecule has 1 aliphatic heterocycles. The van der Waals surface area contributed by atoms with Gasteiger partial charge in [0.2, 0.25) is 10.0 Å². The van der Waals surface area contributed by atoms with E-state index in [2.05, 4.69) is 26.0 Å². The van der Waals surface area contributed by atoms with Gasteiger partial charge >= 0.3 is 0 Å². The monoisotopic (exact) mass is 354 g/mol. The molecule has 2 N–H and O–H groups in total. The van der Waals surface area contributed by atoms with E-state index in [4.69, 9.17) is 0 Å². The summed E-state index contributed by atoms with van der Waals surface area (Å²) < 4.78 is 27.7. The highest BCUT2D eigenvalue weighted by molar-refractivity contribution is 9.10. The van der Waals surface area contributed by atoms with E-state index in [0.717, 1.165) is 23.9 Å². The van der Waals surface area contributed by atoms with E-state index in [1.807, 2.05) is 0 Å². The normalized spacial score (nSPS) is 20.2. The molecule has 0 aliphatic carbocycles. The van der Waals surface area contributed by atoms with Crippen LogP contribution in [-0.4, -0.2) is 27.5 Å². The van der Waals surface area contributed by atoms with E-state index in [1.165, 1.54) is 0 Å². The first kappa shape index (κ1) is 15.9. The second kappa shape index (κ2) is 6.86.